The van der Waals surface area contributed by atoms with E-state index in [0.29, 0.717) is 23.3 Å². The van der Waals surface area contributed by atoms with Crippen LogP contribution in [0.5, 0.6) is 0 Å². The van der Waals surface area contributed by atoms with Gasteiger partial charge in [0.05, 0.1) is 11.9 Å². The number of rotatable bonds is 6. The molecule has 0 aliphatic carbocycles. The molecule has 2 aromatic rings. The first kappa shape index (κ1) is 24.2. The van der Waals surface area contributed by atoms with E-state index in [1.54, 1.807) is 0 Å². The normalized spacial score (nSPS) is 20.9. The zero-order chi connectivity index (χ0) is 24.2. The summed E-state index contributed by atoms with van der Waals surface area (Å²) in [5.41, 5.74) is 0.810. The standard InChI is InChI=1S/C26H39N7O2/c1-2-30-17-11-20(12-18-30)27-26(35)24-21-9-10-22(32-15-5-3-4-6-16-32)28-25(21)33(29-24)23(34)19-31-13-7-8-14-31/h9-10,20H,2-8,11-19H2,1H3,(H,27,35). The van der Waals surface area contributed by atoms with Crippen LogP contribution in [-0.4, -0.2) is 94.8 Å². The predicted molar refractivity (Wildman–Crippen MR) is 137 cm³/mol. The molecule has 190 valence electrons. The van der Waals surface area contributed by atoms with Crippen LogP contribution in [0.3, 0.4) is 0 Å². The first-order chi connectivity index (χ1) is 17.1. The highest BCUT2D eigenvalue weighted by molar-refractivity contribution is 6.06. The van der Waals surface area contributed by atoms with Crippen LogP contribution in [0.25, 0.3) is 11.0 Å². The smallest absolute Gasteiger partial charge is 0.272 e. The fourth-order valence-corrected chi connectivity index (χ4v) is 5.65. The van der Waals surface area contributed by atoms with Crippen molar-refractivity contribution in [3.05, 3.63) is 17.8 Å². The molecule has 3 aliphatic heterocycles. The number of likely N-dealkylation sites (tertiary alicyclic amines) is 2. The lowest BCUT2D eigenvalue weighted by atomic mass is 10.0. The first-order valence-electron chi connectivity index (χ1n) is 13.6. The van der Waals surface area contributed by atoms with E-state index in [4.69, 9.17) is 4.98 Å². The molecule has 1 N–H and O–H groups in total. The summed E-state index contributed by atoms with van der Waals surface area (Å²) in [5.74, 6) is 0.545. The van der Waals surface area contributed by atoms with Crippen LogP contribution < -0.4 is 10.2 Å². The number of fused-ring (bicyclic) bond motifs is 1. The summed E-state index contributed by atoms with van der Waals surface area (Å²) in [5, 5.41) is 8.41. The molecule has 1 amide bonds. The Bertz CT molecular complexity index is 1030. The van der Waals surface area contributed by atoms with E-state index in [9.17, 15) is 9.59 Å². The van der Waals surface area contributed by atoms with Crippen LogP contribution >= 0.6 is 0 Å². The number of hydrogen-bond acceptors (Lipinski definition) is 7. The fraction of sp³-hybridized carbons (Fsp3) is 0.692. The van der Waals surface area contributed by atoms with Crippen molar-refractivity contribution < 1.29 is 9.59 Å². The molecule has 0 atom stereocenters. The van der Waals surface area contributed by atoms with Gasteiger partial charge < -0.3 is 15.1 Å². The van der Waals surface area contributed by atoms with Gasteiger partial charge in [0.15, 0.2) is 11.3 Å². The maximum atomic E-state index is 13.3. The van der Waals surface area contributed by atoms with Crippen molar-refractivity contribution in [1.82, 2.24) is 29.9 Å². The molecule has 3 fully saturated rings. The third-order valence-corrected chi connectivity index (χ3v) is 7.83. The topological polar surface area (TPSA) is 86.6 Å². The molecular weight excluding hydrogens is 442 g/mol. The van der Waals surface area contributed by atoms with E-state index in [2.05, 4.69) is 32.0 Å². The molecule has 9 nitrogen and oxygen atoms in total. The second-order valence-electron chi connectivity index (χ2n) is 10.3. The molecule has 0 bridgehead atoms. The van der Waals surface area contributed by atoms with E-state index in [1.807, 2.05) is 12.1 Å². The quantitative estimate of drug-likeness (QED) is 0.679. The highest BCUT2D eigenvalue weighted by Crippen LogP contribution is 2.24. The Hall–Kier alpha value is -2.52. The summed E-state index contributed by atoms with van der Waals surface area (Å²) in [4.78, 5) is 38.4. The zero-order valence-electron chi connectivity index (χ0n) is 21.0. The number of carbonyl (C=O) groups is 2. The Labute approximate surface area is 207 Å². The Morgan fingerprint density at radius 1 is 0.914 bits per heavy atom. The molecule has 0 saturated carbocycles. The fourth-order valence-electron chi connectivity index (χ4n) is 5.65. The van der Waals surface area contributed by atoms with Crippen molar-refractivity contribution in [1.29, 1.82) is 0 Å². The minimum absolute atomic E-state index is 0.118. The molecule has 0 unspecified atom stereocenters. The largest absolute Gasteiger partial charge is 0.357 e. The van der Waals surface area contributed by atoms with Gasteiger partial charge in [0.25, 0.3) is 11.8 Å². The van der Waals surface area contributed by atoms with E-state index in [-0.39, 0.29) is 17.9 Å². The van der Waals surface area contributed by atoms with Gasteiger partial charge in [0.1, 0.15) is 5.82 Å². The lowest BCUT2D eigenvalue weighted by molar-refractivity contribution is 0.0850. The maximum absolute atomic E-state index is 13.3. The molecule has 5 rings (SSSR count). The second kappa shape index (κ2) is 11.0. The molecule has 0 spiro atoms. The summed E-state index contributed by atoms with van der Waals surface area (Å²) < 4.78 is 1.39. The molecule has 3 aliphatic rings. The molecule has 0 radical (unpaired) electrons. The zero-order valence-corrected chi connectivity index (χ0v) is 21.0. The van der Waals surface area contributed by atoms with Crippen LogP contribution in [0.4, 0.5) is 5.82 Å². The molecule has 2 aromatic heterocycles. The van der Waals surface area contributed by atoms with Crippen molar-refractivity contribution in [2.45, 2.75) is 64.3 Å². The van der Waals surface area contributed by atoms with Crippen LogP contribution in [0.15, 0.2) is 12.1 Å². The van der Waals surface area contributed by atoms with E-state index < -0.39 is 0 Å². The number of nitrogens with one attached hydrogen (secondary N) is 1. The van der Waals surface area contributed by atoms with Gasteiger partial charge >= 0.3 is 0 Å². The van der Waals surface area contributed by atoms with E-state index in [0.717, 1.165) is 90.2 Å². The van der Waals surface area contributed by atoms with Gasteiger partial charge in [-0.05, 0) is 70.3 Å². The lowest BCUT2D eigenvalue weighted by Crippen LogP contribution is -2.44. The van der Waals surface area contributed by atoms with Gasteiger partial charge in [-0.1, -0.05) is 19.8 Å². The van der Waals surface area contributed by atoms with Crippen molar-refractivity contribution >= 4 is 28.7 Å². The van der Waals surface area contributed by atoms with Crippen LogP contribution in [0, 0.1) is 0 Å². The molecule has 35 heavy (non-hydrogen) atoms. The van der Waals surface area contributed by atoms with Crippen molar-refractivity contribution in [3.63, 3.8) is 0 Å². The van der Waals surface area contributed by atoms with Gasteiger partial charge in [0, 0.05) is 32.2 Å². The minimum atomic E-state index is -0.206. The summed E-state index contributed by atoms with van der Waals surface area (Å²) >= 11 is 0. The van der Waals surface area contributed by atoms with Crippen LogP contribution in [0.1, 0.15) is 73.6 Å². The Morgan fingerprint density at radius 3 is 2.29 bits per heavy atom. The van der Waals surface area contributed by atoms with Crippen LogP contribution in [0.2, 0.25) is 0 Å². The maximum Gasteiger partial charge on any atom is 0.272 e. The monoisotopic (exact) mass is 481 g/mol. The highest BCUT2D eigenvalue weighted by atomic mass is 16.2. The molecule has 9 heteroatoms. The lowest BCUT2D eigenvalue weighted by Gasteiger charge is -2.31. The first-order valence-corrected chi connectivity index (χ1v) is 13.6. The van der Waals surface area contributed by atoms with Gasteiger partial charge in [-0.25, -0.2) is 4.98 Å². The SMILES string of the molecule is CCN1CCC(NC(=O)c2nn(C(=O)CN3CCCC3)c3nc(N4CCCCCC4)ccc23)CC1. The summed E-state index contributed by atoms with van der Waals surface area (Å²) in [6, 6.07) is 4.06. The number of amides is 1. The second-order valence-corrected chi connectivity index (χ2v) is 10.3. The van der Waals surface area contributed by atoms with Gasteiger partial charge in [-0.15, -0.1) is 0 Å². The van der Waals surface area contributed by atoms with Crippen molar-refractivity contribution in [2.24, 2.45) is 0 Å². The summed E-state index contributed by atoms with van der Waals surface area (Å²) in [6.07, 6.45) is 8.89. The number of aromatic nitrogens is 3. The molecule has 0 aromatic carbocycles. The minimum Gasteiger partial charge on any atom is -0.357 e. The van der Waals surface area contributed by atoms with E-state index >= 15 is 0 Å². The van der Waals surface area contributed by atoms with Crippen molar-refractivity contribution in [3.8, 4) is 0 Å². The number of anilines is 1. The number of hydrogen-bond donors (Lipinski definition) is 1. The summed E-state index contributed by atoms with van der Waals surface area (Å²) in [7, 11) is 0. The van der Waals surface area contributed by atoms with Gasteiger partial charge in [-0.3, -0.25) is 14.5 Å². The third-order valence-electron chi connectivity index (χ3n) is 7.83. The Balaban J connectivity index is 1.42. The van der Waals surface area contributed by atoms with Gasteiger partial charge in [-0.2, -0.15) is 9.78 Å². The molecule has 5 heterocycles. The number of pyridine rings is 1. The predicted octanol–water partition coefficient (Wildman–Crippen LogP) is 2.76. The van der Waals surface area contributed by atoms with Gasteiger partial charge in [0.2, 0.25) is 0 Å². The number of nitrogens with zero attached hydrogens (tertiary/aromatic N) is 6. The average Bonchev–Trinajstić information content (AvgIpc) is 3.44. The van der Waals surface area contributed by atoms with E-state index in [1.165, 1.54) is 17.5 Å². The average molecular weight is 482 g/mol. The highest BCUT2D eigenvalue weighted by Gasteiger charge is 2.27. The van der Waals surface area contributed by atoms with Crippen molar-refractivity contribution in [2.75, 3.05) is 57.3 Å². The number of piperidine rings is 1. The third kappa shape index (κ3) is 5.51. The summed E-state index contributed by atoms with van der Waals surface area (Å²) in [6.45, 7) is 9.31. The molecule has 3 saturated heterocycles. The molecular formula is C26H39N7O2. The Morgan fingerprint density at radius 2 is 1.60 bits per heavy atom. The Kier molecular flexibility index (Phi) is 7.63. The number of carbonyl (C=O) groups excluding carboxylic acids is 2. The van der Waals surface area contributed by atoms with Crippen LogP contribution in [-0.2, 0) is 0 Å².